The van der Waals surface area contributed by atoms with Crippen LogP contribution in [0.2, 0.25) is 0 Å². The van der Waals surface area contributed by atoms with E-state index in [0.29, 0.717) is 17.5 Å². The van der Waals surface area contributed by atoms with Crippen LogP contribution in [0.4, 0.5) is 5.69 Å². The number of nitrogens with one attached hydrogen (secondary N) is 1. The van der Waals surface area contributed by atoms with Crippen molar-refractivity contribution in [2.75, 3.05) is 5.32 Å². The standard InChI is InChI=1S/C16H21N3OS2/c1-10(2)21-8-12-5-4-6-13(11(12)3)19-16(20)14-9-22-15(7-17)18-14/h4-6,9-10H,7-8,17H2,1-3H3,(H,19,20). The van der Waals surface area contributed by atoms with Crippen molar-refractivity contribution in [2.24, 2.45) is 5.73 Å². The van der Waals surface area contributed by atoms with E-state index in [0.717, 1.165) is 22.0 Å². The number of benzene rings is 1. The van der Waals surface area contributed by atoms with E-state index in [1.54, 1.807) is 5.38 Å². The Labute approximate surface area is 139 Å². The van der Waals surface area contributed by atoms with Crippen LogP contribution >= 0.6 is 23.1 Å². The van der Waals surface area contributed by atoms with Gasteiger partial charge in [0, 0.05) is 23.4 Å². The van der Waals surface area contributed by atoms with Gasteiger partial charge in [-0.05, 0) is 29.4 Å². The summed E-state index contributed by atoms with van der Waals surface area (Å²) in [4.78, 5) is 16.5. The number of amides is 1. The van der Waals surface area contributed by atoms with Crippen molar-refractivity contribution < 1.29 is 4.79 Å². The fourth-order valence-corrected chi connectivity index (χ4v) is 3.41. The van der Waals surface area contributed by atoms with E-state index in [-0.39, 0.29) is 5.91 Å². The van der Waals surface area contributed by atoms with Crippen LogP contribution < -0.4 is 11.1 Å². The summed E-state index contributed by atoms with van der Waals surface area (Å²) in [6.07, 6.45) is 0. The number of thioether (sulfide) groups is 1. The van der Waals surface area contributed by atoms with Crippen molar-refractivity contribution in [1.82, 2.24) is 4.98 Å². The van der Waals surface area contributed by atoms with Crippen molar-refractivity contribution in [1.29, 1.82) is 0 Å². The molecular formula is C16H21N3OS2. The van der Waals surface area contributed by atoms with Gasteiger partial charge >= 0.3 is 0 Å². The molecule has 2 aromatic rings. The van der Waals surface area contributed by atoms with Gasteiger partial charge in [0.1, 0.15) is 10.7 Å². The van der Waals surface area contributed by atoms with Crippen LogP contribution in [-0.4, -0.2) is 16.1 Å². The Balaban J connectivity index is 2.12. The van der Waals surface area contributed by atoms with Gasteiger partial charge in [0.05, 0.1) is 0 Å². The normalized spacial score (nSPS) is 11.0. The lowest BCUT2D eigenvalue weighted by Crippen LogP contribution is -2.14. The van der Waals surface area contributed by atoms with Gasteiger partial charge in [-0.15, -0.1) is 11.3 Å². The van der Waals surface area contributed by atoms with Gasteiger partial charge in [-0.2, -0.15) is 11.8 Å². The topological polar surface area (TPSA) is 68.0 Å². The molecule has 0 saturated heterocycles. The minimum atomic E-state index is -0.187. The smallest absolute Gasteiger partial charge is 0.275 e. The molecule has 1 aromatic heterocycles. The lowest BCUT2D eigenvalue weighted by molar-refractivity contribution is 0.102. The van der Waals surface area contributed by atoms with E-state index in [2.05, 4.69) is 30.2 Å². The molecule has 0 aliphatic rings. The second-order valence-corrected chi connectivity index (χ2v) is 7.74. The average Bonchev–Trinajstić information content (AvgIpc) is 2.97. The van der Waals surface area contributed by atoms with Gasteiger partial charge in [0.2, 0.25) is 0 Å². The van der Waals surface area contributed by atoms with Crippen LogP contribution in [0, 0.1) is 6.92 Å². The Morgan fingerprint density at radius 3 is 2.86 bits per heavy atom. The van der Waals surface area contributed by atoms with E-state index in [1.165, 1.54) is 16.9 Å². The second-order valence-electron chi connectivity index (χ2n) is 5.23. The SMILES string of the molecule is Cc1c(CSC(C)C)cccc1NC(=O)c1csc(CN)n1. The Hall–Kier alpha value is -1.37. The Kier molecular flexibility index (Phi) is 5.99. The number of anilines is 1. The maximum absolute atomic E-state index is 12.3. The summed E-state index contributed by atoms with van der Waals surface area (Å²) >= 11 is 3.30. The van der Waals surface area contributed by atoms with E-state index in [4.69, 9.17) is 5.73 Å². The molecule has 2 rings (SSSR count). The summed E-state index contributed by atoms with van der Waals surface area (Å²) in [5.74, 6) is 0.758. The van der Waals surface area contributed by atoms with Crippen molar-refractivity contribution in [3.05, 3.63) is 45.4 Å². The number of rotatable bonds is 6. The predicted molar refractivity (Wildman–Crippen MR) is 95.6 cm³/mol. The number of carbonyl (C=O) groups excluding carboxylic acids is 1. The second kappa shape index (κ2) is 7.76. The number of hydrogen-bond donors (Lipinski definition) is 2. The molecule has 0 bridgehead atoms. The maximum atomic E-state index is 12.3. The molecule has 0 aliphatic heterocycles. The molecule has 6 heteroatoms. The summed E-state index contributed by atoms with van der Waals surface area (Å²) in [6.45, 7) is 6.77. The molecule has 4 nitrogen and oxygen atoms in total. The van der Waals surface area contributed by atoms with E-state index >= 15 is 0 Å². The molecule has 0 fully saturated rings. The molecule has 22 heavy (non-hydrogen) atoms. The van der Waals surface area contributed by atoms with Crippen molar-refractivity contribution in [2.45, 2.75) is 38.3 Å². The van der Waals surface area contributed by atoms with Gasteiger partial charge in [-0.1, -0.05) is 26.0 Å². The number of carbonyl (C=O) groups is 1. The zero-order valence-electron chi connectivity index (χ0n) is 13.1. The van der Waals surface area contributed by atoms with Crippen LogP contribution in [0.25, 0.3) is 0 Å². The highest BCUT2D eigenvalue weighted by molar-refractivity contribution is 7.99. The first-order chi connectivity index (χ1) is 10.5. The molecular weight excluding hydrogens is 314 g/mol. The first-order valence-electron chi connectivity index (χ1n) is 7.17. The average molecular weight is 335 g/mol. The first kappa shape index (κ1) is 17.0. The summed E-state index contributed by atoms with van der Waals surface area (Å²) in [6, 6.07) is 6.01. The van der Waals surface area contributed by atoms with Crippen molar-refractivity contribution in [3.63, 3.8) is 0 Å². The minimum absolute atomic E-state index is 0.187. The lowest BCUT2D eigenvalue weighted by Gasteiger charge is -2.13. The molecule has 0 unspecified atom stereocenters. The molecule has 0 atom stereocenters. The van der Waals surface area contributed by atoms with Crippen LogP contribution in [0.5, 0.6) is 0 Å². The van der Waals surface area contributed by atoms with Crippen LogP contribution in [-0.2, 0) is 12.3 Å². The molecule has 1 aromatic carbocycles. The molecule has 118 valence electrons. The molecule has 0 aliphatic carbocycles. The maximum Gasteiger partial charge on any atom is 0.275 e. The van der Waals surface area contributed by atoms with Crippen LogP contribution in [0.3, 0.4) is 0 Å². The number of nitrogens with two attached hydrogens (primary N) is 1. The van der Waals surface area contributed by atoms with Crippen LogP contribution in [0.1, 0.15) is 40.5 Å². The highest BCUT2D eigenvalue weighted by Crippen LogP contribution is 2.25. The summed E-state index contributed by atoms with van der Waals surface area (Å²) in [5.41, 5.74) is 9.15. The number of aromatic nitrogens is 1. The minimum Gasteiger partial charge on any atom is -0.325 e. The van der Waals surface area contributed by atoms with Gasteiger partial charge in [0.15, 0.2) is 0 Å². The largest absolute Gasteiger partial charge is 0.325 e. The van der Waals surface area contributed by atoms with Gasteiger partial charge in [0.25, 0.3) is 5.91 Å². The number of hydrogen-bond acceptors (Lipinski definition) is 5. The summed E-state index contributed by atoms with van der Waals surface area (Å²) in [5, 5.41) is 6.04. The lowest BCUT2D eigenvalue weighted by atomic mass is 10.1. The monoisotopic (exact) mass is 335 g/mol. The third-order valence-electron chi connectivity index (χ3n) is 3.23. The van der Waals surface area contributed by atoms with Crippen molar-refractivity contribution >= 4 is 34.7 Å². The quantitative estimate of drug-likeness (QED) is 0.842. The number of nitrogens with zero attached hydrogens (tertiary/aromatic N) is 1. The molecule has 0 spiro atoms. The highest BCUT2D eigenvalue weighted by Gasteiger charge is 2.13. The third kappa shape index (κ3) is 4.32. The molecule has 1 heterocycles. The fourth-order valence-electron chi connectivity index (χ4n) is 1.93. The molecule has 3 N–H and O–H groups in total. The Morgan fingerprint density at radius 1 is 1.45 bits per heavy atom. The first-order valence-corrected chi connectivity index (χ1v) is 9.10. The van der Waals surface area contributed by atoms with Gasteiger partial charge in [-0.3, -0.25) is 4.79 Å². The number of thiazole rings is 1. The highest BCUT2D eigenvalue weighted by atomic mass is 32.2. The zero-order valence-corrected chi connectivity index (χ0v) is 14.7. The molecule has 1 amide bonds. The molecule has 0 radical (unpaired) electrons. The third-order valence-corrected chi connectivity index (χ3v) is 5.24. The van der Waals surface area contributed by atoms with Gasteiger partial charge < -0.3 is 11.1 Å². The fraction of sp³-hybridized carbons (Fsp3) is 0.375. The van der Waals surface area contributed by atoms with E-state index in [1.807, 2.05) is 30.8 Å². The van der Waals surface area contributed by atoms with Gasteiger partial charge in [-0.25, -0.2) is 4.98 Å². The summed E-state index contributed by atoms with van der Waals surface area (Å²) in [7, 11) is 0. The van der Waals surface area contributed by atoms with E-state index < -0.39 is 0 Å². The zero-order chi connectivity index (χ0) is 16.1. The van der Waals surface area contributed by atoms with Crippen molar-refractivity contribution in [3.8, 4) is 0 Å². The summed E-state index contributed by atoms with van der Waals surface area (Å²) < 4.78 is 0. The Morgan fingerprint density at radius 2 is 2.23 bits per heavy atom. The van der Waals surface area contributed by atoms with E-state index in [9.17, 15) is 4.79 Å². The van der Waals surface area contributed by atoms with Crippen LogP contribution in [0.15, 0.2) is 23.6 Å². The molecule has 0 saturated carbocycles. The predicted octanol–water partition coefficient (Wildman–Crippen LogP) is 3.80. The Bertz CT molecular complexity index is 653.